The molecule has 7 heteroatoms. The lowest BCUT2D eigenvalue weighted by molar-refractivity contribution is 0.114. The molecule has 0 radical (unpaired) electrons. The minimum Gasteiger partial charge on any atom is -0.494 e. The third-order valence-electron chi connectivity index (χ3n) is 4.22. The summed E-state index contributed by atoms with van der Waals surface area (Å²) < 4.78 is 24.5. The molecule has 0 saturated carbocycles. The van der Waals surface area contributed by atoms with Crippen LogP contribution in [0.4, 0.5) is 4.39 Å². The molecule has 1 unspecified atom stereocenters. The van der Waals surface area contributed by atoms with E-state index in [0.717, 1.165) is 16.9 Å². The minimum atomic E-state index is -0.740. The van der Waals surface area contributed by atoms with Gasteiger partial charge in [-0.2, -0.15) is 0 Å². The third-order valence-corrected chi connectivity index (χ3v) is 4.22. The SMILES string of the molecule is CCNC(=NCC(O)COc1cccc(C)c1)N(C)Cc1ccc(OC)c(F)c1. The number of benzene rings is 2. The molecule has 0 aromatic heterocycles. The van der Waals surface area contributed by atoms with Crippen molar-refractivity contribution in [3.63, 3.8) is 0 Å². The Kier molecular flexibility index (Phi) is 8.73. The van der Waals surface area contributed by atoms with Crippen LogP contribution < -0.4 is 14.8 Å². The molecular weight excluding hydrogens is 373 g/mol. The van der Waals surface area contributed by atoms with Crippen molar-refractivity contribution < 1.29 is 19.0 Å². The normalized spacial score (nSPS) is 12.4. The van der Waals surface area contributed by atoms with Gasteiger partial charge in [-0.05, 0) is 49.2 Å². The van der Waals surface area contributed by atoms with Gasteiger partial charge in [0.2, 0.25) is 0 Å². The average molecular weight is 403 g/mol. The number of hydrogen-bond acceptors (Lipinski definition) is 4. The van der Waals surface area contributed by atoms with Crippen molar-refractivity contribution in [3.05, 3.63) is 59.4 Å². The van der Waals surface area contributed by atoms with Gasteiger partial charge in [-0.1, -0.05) is 18.2 Å². The van der Waals surface area contributed by atoms with E-state index in [4.69, 9.17) is 9.47 Å². The van der Waals surface area contributed by atoms with E-state index in [2.05, 4.69) is 10.3 Å². The second-order valence-corrected chi connectivity index (χ2v) is 6.80. The van der Waals surface area contributed by atoms with Crippen LogP contribution in [0.25, 0.3) is 0 Å². The molecule has 2 aromatic carbocycles. The average Bonchev–Trinajstić information content (AvgIpc) is 2.69. The lowest BCUT2D eigenvalue weighted by Crippen LogP contribution is -2.39. The number of hydrogen-bond donors (Lipinski definition) is 2. The molecule has 2 N–H and O–H groups in total. The summed E-state index contributed by atoms with van der Waals surface area (Å²) in [7, 11) is 3.30. The van der Waals surface area contributed by atoms with Crippen LogP contribution >= 0.6 is 0 Å². The number of aliphatic imine (C=N–C) groups is 1. The molecule has 0 heterocycles. The fraction of sp³-hybridized carbons (Fsp3) is 0.409. The van der Waals surface area contributed by atoms with Crippen molar-refractivity contribution in [2.75, 3.05) is 33.9 Å². The topological polar surface area (TPSA) is 66.3 Å². The zero-order valence-corrected chi connectivity index (χ0v) is 17.5. The molecule has 29 heavy (non-hydrogen) atoms. The molecule has 0 amide bonds. The maximum Gasteiger partial charge on any atom is 0.194 e. The Morgan fingerprint density at radius 3 is 2.72 bits per heavy atom. The van der Waals surface area contributed by atoms with Crippen molar-refractivity contribution in [3.8, 4) is 11.5 Å². The lowest BCUT2D eigenvalue weighted by atomic mass is 10.2. The van der Waals surface area contributed by atoms with Gasteiger partial charge in [0.1, 0.15) is 18.5 Å². The Labute approximate surface area is 172 Å². The summed E-state index contributed by atoms with van der Waals surface area (Å²) in [5, 5.41) is 13.4. The number of aryl methyl sites for hydroxylation is 1. The van der Waals surface area contributed by atoms with Gasteiger partial charge in [-0.3, -0.25) is 4.99 Å². The monoisotopic (exact) mass is 403 g/mol. The van der Waals surface area contributed by atoms with Gasteiger partial charge < -0.3 is 24.8 Å². The maximum absolute atomic E-state index is 13.9. The zero-order chi connectivity index (χ0) is 21.2. The van der Waals surface area contributed by atoms with Crippen LogP contribution in [0.1, 0.15) is 18.1 Å². The molecular formula is C22H30FN3O3. The van der Waals surface area contributed by atoms with E-state index >= 15 is 0 Å². The largest absolute Gasteiger partial charge is 0.494 e. The van der Waals surface area contributed by atoms with E-state index in [-0.39, 0.29) is 18.9 Å². The molecule has 0 saturated heterocycles. The first-order valence-corrected chi connectivity index (χ1v) is 9.62. The first kappa shape index (κ1) is 22.5. The summed E-state index contributed by atoms with van der Waals surface area (Å²) in [6, 6.07) is 12.5. The smallest absolute Gasteiger partial charge is 0.194 e. The highest BCUT2D eigenvalue weighted by Gasteiger charge is 2.11. The Bertz CT molecular complexity index is 814. The van der Waals surface area contributed by atoms with Gasteiger partial charge in [0.05, 0.1) is 13.7 Å². The fourth-order valence-corrected chi connectivity index (χ4v) is 2.77. The van der Waals surface area contributed by atoms with E-state index < -0.39 is 11.9 Å². The van der Waals surface area contributed by atoms with Gasteiger partial charge in [-0.25, -0.2) is 4.39 Å². The van der Waals surface area contributed by atoms with Crippen LogP contribution in [0.15, 0.2) is 47.5 Å². The molecule has 0 fully saturated rings. The van der Waals surface area contributed by atoms with Gasteiger partial charge in [-0.15, -0.1) is 0 Å². The number of nitrogens with zero attached hydrogens (tertiary/aromatic N) is 2. The van der Waals surface area contributed by atoms with Crippen LogP contribution in [0.3, 0.4) is 0 Å². The molecule has 0 spiro atoms. The third kappa shape index (κ3) is 7.27. The van der Waals surface area contributed by atoms with Crippen molar-refractivity contribution in [1.29, 1.82) is 0 Å². The number of methoxy groups -OCH3 is 1. The zero-order valence-electron chi connectivity index (χ0n) is 17.5. The molecule has 1 atom stereocenters. The van der Waals surface area contributed by atoms with Gasteiger partial charge >= 0.3 is 0 Å². The maximum atomic E-state index is 13.9. The first-order chi connectivity index (χ1) is 13.9. The number of aliphatic hydroxyl groups is 1. The summed E-state index contributed by atoms with van der Waals surface area (Å²) in [4.78, 5) is 6.35. The van der Waals surface area contributed by atoms with E-state index in [0.29, 0.717) is 19.0 Å². The second-order valence-electron chi connectivity index (χ2n) is 6.80. The Morgan fingerprint density at radius 1 is 1.28 bits per heavy atom. The Morgan fingerprint density at radius 2 is 2.07 bits per heavy atom. The molecule has 0 aliphatic carbocycles. The van der Waals surface area contributed by atoms with E-state index in [1.54, 1.807) is 6.07 Å². The molecule has 6 nitrogen and oxygen atoms in total. The number of guanidine groups is 1. The Hall–Kier alpha value is -2.80. The summed E-state index contributed by atoms with van der Waals surface area (Å²) in [5.41, 5.74) is 1.89. The van der Waals surface area contributed by atoms with Crippen molar-refractivity contribution in [1.82, 2.24) is 10.2 Å². The van der Waals surface area contributed by atoms with Crippen LogP contribution in [0.5, 0.6) is 11.5 Å². The van der Waals surface area contributed by atoms with Crippen LogP contribution in [-0.4, -0.2) is 55.9 Å². The minimum absolute atomic E-state index is 0.153. The molecule has 0 aliphatic heterocycles. The van der Waals surface area contributed by atoms with Crippen LogP contribution in [0, 0.1) is 12.7 Å². The summed E-state index contributed by atoms with van der Waals surface area (Å²) in [6.45, 7) is 5.43. The van der Waals surface area contributed by atoms with Crippen molar-refractivity contribution in [2.45, 2.75) is 26.5 Å². The first-order valence-electron chi connectivity index (χ1n) is 9.62. The highest BCUT2D eigenvalue weighted by molar-refractivity contribution is 5.79. The number of ether oxygens (including phenoxy) is 2. The van der Waals surface area contributed by atoms with Gasteiger partial charge in [0.15, 0.2) is 17.5 Å². The van der Waals surface area contributed by atoms with E-state index in [9.17, 15) is 9.50 Å². The van der Waals surface area contributed by atoms with Crippen LogP contribution in [-0.2, 0) is 6.54 Å². The number of aliphatic hydroxyl groups excluding tert-OH is 1. The molecule has 2 aromatic rings. The van der Waals surface area contributed by atoms with Crippen LogP contribution in [0.2, 0.25) is 0 Å². The highest BCUT2D eigenvalue weighted by atomic mass is 19.1. The van der Waals surface area contributed by atoms with Crippen molar-refractivity contribution >= 4 is 5.96 Å². The van der Waals surface area contributed by atoms with E-state index in [1.165, 1.54) is 13.2 Å². The Balaban J connectivity index is 1.94. The highest BCUT2D eigenvalue weighted by Crippen LogP contribution is 2.18. The van der Waals surface area contributed by atoms with Crippen molar-refractivity contribution in [2.24, 2.45) is 4.99 Å². The quantitative estimate of drug-likeness (QED) is 0.498. The molecule has 158 valence electrons. The molecule has 2 rings (SSSR count). The number of halogens is 1. The lowest BCUT2D eigenvalue weighted by Gasteiger charge is -2.23. The predicted molar refractivity (Wildman–Crippen MR) is 113 cm³/mol. The standard InChI is InChI=1S/C22H30FN3O3/c1-5-24-22(26(3)14-17-9-10-21(28-4)20(23)12-17)25-13-18(27)15-29-19-8-6-7-16(2)11-19/h6-12,18,27H,5,13-15H2,1-4H3,(H,24,25). The van der Waals surface area contributed by atoms with E-state index in [1.807, 2.05) is 56.1 Å². The number of nitrogens with one attached hydrogen (secondary N) is 1. The summed E-state index contributed by atoms with van der Waals surface area (Å²) in [6.07, 6.45) is -0.740. The molecule has 0 aliphatic rings. The number of rotatable bonds is 9. The predicted octanol–water partition coefficient (Wildman–Crippen LogP) is 2.98. The summed E-state index contributed by atoms with van der Waals surface area (Å²) >= 11 is 0. The second kappa shape index (κ2) is 11.3. The van der Waals surface area contributed by atoms with Gasteiger partial charge in [0.25, 0.3) is 0 Å². The van der Waals surface area contributed by atoms with Gasteiger partial charge in [0, 0.05) is 20.1 Å². The fourth-order valence-electron chi connectivity index (χ4n) is 2.77. The molecule has 0 bridgehead atoms. The summed E-state index contributed by atoms with van der Waals surface area (Å²) in [5.74, 6) is 1.16.